The molecule has 0 aliphatic carbocycles. The Balaban J connectivity index is 2.37. The van der Waals surface area contributed by atoms with E-state index in [9.17, 15) is 4.79 Å². The van der Waals surface area contributed by atoms with E-state index in [1.54, 1.807) is 18.4 Å². The third kappa shape index (κ3) is 2.34. The highest BCUT2D eigenvalue weighted by Gasteiger charge is 2.14. The Morgan fingerprint density at radius 2 is 2.67 bits per heavy atom. The van der Waals surface area contributed by atoms with E-state index in [0.29, 0.717) is 13.1 Å². The molecule has 12 heavy (non-hydrogen) atoms. The van der Waals surface area contributed by atoms with Crippen molar-refractivity contribution in [2.75, 3.05) is 13.1 Å². The molecule has 0 saturated carbocycles. The van der Waals surface area contributed by atoms with Crippen LogP contribution in [0.3, 0.4) is 0 Å². The largest absolute Gasteiger partial charge is 0.352 e. The molecular formula is C9H12N2O. The van der Waals surface area contributed by atoms with Crippen LogP contribution < -0.4 is 5.32 Å². The topological polar surface area (TPSA) is 41.5 Å². The van der Waals surface area contributed by atoms with Gasteiger partial charge in [-0.1, -0.05) is 12.2 Å². The smallest absolute Gasteiger partial charge is 0.229 e. The molecule has 1 aliphatic rings. The van der Waals surface area contributed by atoms with Gasteiger partial charge >= 0.3 is 0 Å². The summed E-state index contributed by atoms with van der Waals surface area (Å²) in [6.45, 7) is 4.59. The Labute approximate surface area is 71.9 Å². The van der Waals surface area contributed by atoms with Crippen molar-refractivity contribution >= 4 is 12.1 Å². The van der Waals surface area contributed by atoms with Crippen LogP contribution in [0.25, 0.3) is 0 Å². The second-order valence-corrected chi connectivity index (χ2v) is 2.54. The molecule has 1 heterocycles. The van der Waals surface area contributed by atoms with Crippen molar-refractivity contribution < 1.29 is 4.79 Å². The normalized spacial score (nSPS) is 20.5. The van der Waals surface area contributed by atoms with Crippen molar-refractivity contribution in [1.29, 1.82) is 0 Å². The summed E-state index contributed by atoms with van der Waals surface area (Å²) in [4.78, 5) is 15.3. The third-order valence-electron chi connectivity index (χ3n) is 1.59. The first-order chi connectivity index (χ1) is 5.84. The zero-order chi connectivity index (χ0) is 8.81. The first-order valence-electron chi connectivity index (χ1n) is 3.90. The molecule has 3 heteroatoms. The predicted octanol–water partition coefficient (Wildman–Crippen LogP) is 0.545. The summed E-state index contributed by atoms with van der Waals surface area (Å²) in [5, 5.41) is 2.72. The van der Waals surface area contributed by atoms with Crippen molar-refractivity contribution in [2.45, 2.75) is 0 Å². The molecule has 0 aromatic carbocycles. The summed E-state index contributed by atoms with van der Waals surface area (Å²) < 4.78 is 0. The fourth-order valence-corrected chi connectivity index (χ4v) is 0.954. The molecule has 0 radical (unpaired) electrons. The Morgan fingerprint density at radius 3 is 3.25 bits per heavy atom. The van der Waals surface area contributed by atoms with Crippen molar-refractivity contribution in [3.05, 3.63) is 24.8 Å². The van der Waals surface area contributed by atoms with Crippen LogP contribution >= 0.6 is 0 Å². The highest BCUT2D eigenvalue weighted by atomic mass is 16.1. The van der Waals surface area contributed by atoms with Crippen LogP contribution in [0.4, 0.5) is 0 Å². The molecule has 0 saturated heterocycles. The average Bonchev–Trinajstić information content (AvgIpc) is 2.15. The summed E-state index contributed by atoms with van der Waals surface area (Å²) in [5.41, 5.74) is 0. The maximum atomic E-state index is 11.3. The number of hydrogen-bond acceptors (Lipinski definition) is 2. The minimum Gasteiger partial charge on any atom is -0.352 e. The lowest BCUT2D eigenvalue weighted by Crippen LogP contribution is -2.31. The molecule has 1 aliphatic heterocycles. The minimum atomic E-state index is -0.102. The van der Waals surface area contributed by atoms with Gasteiger partial charge in [-0.2, -0.15) is 0 Å². The summed E-state index contributed by atoms with van der Waals surface area (Å²) >= 11 is 0. The SMILES string of the molecule is C=CCNC(=O)C1C=CC=NC1. The zero-order valence-electron chi connectivity index (χ0n) is 6.86. The minimum absolute atomic E-state index is 0.0167. The number of aliphatic imine (C=N–C) groups is 1. The maximum Gasteiger partial charge on any atom is 0.229 e. The first-order valence-corrected chi connectivity index (χ1v) is 3.90. The summed E-state index contributed by atoms with van der Waals surface area (Å²) in [5.74, 6) is -0.0852. The lowest BCUT2D eigenvalue weighted by Gasteiger charge is -2.11. The van der Waals surface area contributed by atoms with Gasteiger partial charge in [-0.15, -0.1) is 6.58 Å². The Morgan fingerprint density at radius 1 is 1.83 bits per heavy atom. The van der Waals surface area contributed by atoms with Gasteiger partial charge in [0.25, 0.3) is 0 Å². The van der Waals surface area contributed by atoms with E-state index >= 15 is 0 Å². The van der Waals surface area contributed by atoms with Gasteiger partial charge in [-0.05, 0) is 6.08 Å². The fourth-order valence-electron chi connectivity index (χ4n) is 0.954. The van der Waals surface area contributed by atoms with E-state index in [4.69, 9.17) is 0 Å². The third-order valence-corrected chi connectivity index (χ3v) is 1.59. The number of hydrogen-bond donors (Lipinski definition) is 1. The lowest BCUT2D eigenvalue weighted by atomic mass is 10.1. The van der Waals surface area contributed by atoms with E-state index in [1.807, 2.05) is 6.08 Å². The number of carbonyl (C=O) groups excluding carboxylic acids is 1. The molecule has 0 aromatic rings. The summed E-state index contributed by atoms with van der Waals surface area (Å²) in [6, 6.07) is 0. The molecule has 1 rings (SSSR count). The molecule has 1 unspecified atom stereocenters. The summed E-state index contributed by atoms with van der Waals surface area (Å²) in [7, 11) is 0. The van der Waals surface area contributed by atoms with Gasteiger partial charge in [0.15, 0.2) is 0 Å². The van der Waals surface area contributed by atoms with E-state index in [2.05, 4.69) is 16.9 Å². The number of carbonyl (C=O) groups is 1. The van der Waals surface area contributed by atoms with Gasteiger partial charge in [0.05, 0.1) is 12.5 Å². The molecule has 64 valence electrons. The summed E-state index contributed by atoms with van der Waals surface area (Å²) in [6.07, 6.45) is 7.01. The second kappa shape index (κ2) is 4.49. The molecule has 0 bridgehead atoms. The lowest BCUT2D eigenvalue weighted by molar-refractivity contribution is -0.123. The quantitative estimate of drug-likeness (QED) is 0.608. The highest BCUT2D eigenvalue weighted by Crippen LogP contribution is 2.02. The molecular weight excluding hydrogens is 152 g/mol. The molecule has 0 fully saturated rings. The van der Waals surface area contributed by atoms with Crippen LogP contribution in [0.15, 0.2) is 29.8 Å². The Kier molecular flexibility index (Phi) is 3.26. The van der Waals surface area contributed by atoms with Crippen LogP contribution in [-0.4, -0.2) is 25.2 Å². The van der Waals surface area contributed by atoms with E-state index in [0.717, 1.165) is 0 Å². The van der Waals surface area contributed by atoms with Crippen LogP contribution in [0.1, 0.15) is 0 Å². The van der Waals surface area contributed by atoms with E-state index in [1.165, 1.54) is 0 Å². The number of nitrogens with one attached hydrogen (secondary N) is 1. The maximum absolute atomic E-state index is 11.3. The monoisotopic (exact) mass is 164 g/mol. The fraction of sp³-hybridized carbons (Fsp3) is 0.333. The number of nitrogens with zero attached hydrogens (tertiary/aromatic N) is 1. The Bertz CT molecular complexity index is 231. The van der Waals surface area contributed by atoms with Crippen molar-refractivity contribution in [3.8, 4) is 0 Å². The van der Waals surface area contributed by atoms with Gasteiger partial charge in [0, 0.05) is 12.8 Å². The molecule has 3 nitrogen and oxygen atoms in total. The van der Waals surface area contributed by atoms with Gasteiger partial charge in [-0.3, -0.25) is 9.79 Å². The van der Waals surface area contributed by atoms with Gasteiger partial charge in [-0.25, -0.2) is 0 Å². The van der Waals surface area contributed by atoms with Gasteiger partial charge < -0.3 is 5.32 Å². The number of allylic oxidation sites excluding steroid dienone is 1. The van der Waals surface area contributed by atoms with Crippen LogP contribution in [-0.2, 0) is 4.79 Å². The standard InChI is InChI=1S/C9H12N2O/c1-2-5-11-9(12)8-4-3-6-10-7-8/h2-4,6,8H,1,5,7H2,(H,11,12). The van der Waals surface area contributed by atoms with Crippen LogP contribution in [0.5, 0.6) is 0 Å². The van der Waals surface area contributed by atoms with Gasteiger partial charge in [0.1, 0.15) is 0 Å². The molecule has 0 spiro atoms. The van der Waals surface area contributed by atoms with Crippen molar-refractivity contribution in [2.24, 2.45) is 10.9 Å². The van der Waals surface area contributed by atoms with E-state index < -0.39 is 0 Å². The average molecular weight is 164 g/mol. The molecule has 1 amide bonds. The number of rotatable bonds is 3. The molecule has 0 aromatic heterocycles. The van der Waals surface area contributed by atoms with Crippen LogP contribution in [0, 0.1) is 5.92 Å². The zero-order valence-corrected chi connectivity index (χ0v) is 6.86. The second-order valence-electron chi connectivity index (χ2n) is 2.54. The van der Waals surface area contributed by atoms with Crippen molar-refractivity contribution in [3.63, 3.8) is 0 Å². The van der Waals surface area contributed by atoms with E-state index in [-0.39, 0.29) is 11.8 Å². The Hall–Kier alpha value is -1.38. The van der Waals surface area contributed by atoms with Gasteiger partial charge in [0.2, 0.25) is 5.91 Å². The number of amides is 1. The molecule has 1 N–H and O–H groups in total. The van der Waals surface area contributed by atoms with Crippen molar-refractivity contribution in [1.82, 2.24) is 5.32 Å². The highest BCUT2D eigenvalue weighted by molar-refractivity contribution is 5.84. The van der Waals surface area contributed by atoms with Crippen LogP contribution in [0.2, 0.25) is 0 Å². The predicted molar refractivity (Wildman–Crippen MR) is 49.2 cm³/mol. The first kappa shape index (κ1) is 8.71. The number of dihydropyridines is 1. The molecule has 1 atom stereocenters.